The van der Waals surface area contributed by atoms with Gasteiger partial charge >= 0.3 is 0 Å². The quantitative estimate of drug-likeness (QED) is 0.816. The fourth-order valence-electron chi connectivity index (χ4n) is 3.72. The van der Waals surface area contributed by atoms with Crippen LogP contribution in [0.3, 0.4) is 0 Å². The molecule has 6 heteroatoms. The van der Waals surface area contributed by atoms with Crippen LogP contribution in [0.25, 0.3) is 0 Å². The number of anilines is 1. The maximum Gasteiger partial charge on any atom is 0.238 e. The molecule has 0 saturated carbocycles. The summed E-state index contributed by atoms with van der Waals surface area (Å²) < 4.78 is 0. The molecule has 2 heterocycles. The van der Waals surface area contributed by atoms with Gasteiger partial charge in [-0.2, -0.15) is 5.10 Å². The van der Waals surface area contributed by atoms with Crippen LogP contribution in [0.1, 0.15) is 68.2 Å². The molecular formula is C21H31N5O. The molecule has 1 aromatic carbocycles. The minimum absolute atomic E-state index is 0.0656. The topological polar surface area (TPSA) is 73.9 Å². The van der Waals surface area contributed by atoms with Gasteiger partial charge in [0, 0.05) is 18.0 Å². The molecule has 1 fully saturated rings. The minimum atomic E-state index is 0.0656. The second-order valence-corrected chi connectivity index (χ2v) is 7.79. The van der Waals surface area contributed by atoms with Crippen molar-refractivity contribution in [3.63, 3.8) is 0 Å². The van der Waals surface area contributed by atoms with Gasteiger partial charge in [0.2, 0.25) is 5.91 Å². The van der Waals surface area contributed by atoms with E-state index in [1.165, 1.54) is 5.56 Å². The number of H-pyrrole nitrogens is 1. The van der Waals surface area contributed by atoms with Crippen molar-refractivity contribution in [2.24, 2.45) is 0 Å². The summed E-state index contributed by atoms with van der Waals surface area (Å²) >= 11 is 0. The van der Waals surface area contributed by atoms with Crippen molar-refractivity contribution in [3.05, 3.63) is 41.0 Å². The largest absolute Gasteiger partial charge is 0.324 e. The number of aromatic nitrogens is 3. The third kappa shape index (κ3) is 4.75. The van der Waals surface area contributed by atoms with Crippen molar-refractivity contribution in [2.45, 2.75) is 58.8 Å². The van der Waals surface area contributed by atoms with Gasteiger partial charge in [-0.3, -0.25) is 14.8 Å². The average molecular weight is 370 g/mol. The number of aryl methyl sites for hydroxylation is 2. The van der Waals surface area contributed by atoms with E-state index in [2.05, 4.69) is 71.3 Å². The Bertz CT molecular complexity index is 775. The Labute approximate surface area is 161 Å². The van der Waals surface area contributed by atoms with Crippen molar-refractivity contribution >= 4 is 11.6 Å². The Balaban J connectivity index is 1.54. The zero-order valence-corrected chi connectivity index (χ0v) is 16.9. The SMILES string of the molecule is CCc1nc(C2CCN(CC(=O)Nc3c(C)cccc3C(C)C)CC2)n[nH]1. The standard InChI is InChI=1S/C21H31N5O/c1-5-18-22-21(25-24-18)16-9-11-26(12-10-16)13-19(27)23-20-15(4)7-6-8-17(20)14(2)3/h6-8,14,16H,5,9-13H2,1-4H3,(H,23,27)(H,22,24,25). The highest BCUT2D eigenvalue weighted by Crippen LogP contribution is 2.28. The summed E-state index contributed by atoms with van der Waals surface area (Å²) in [6.45, 7) is 10.7. The highest BCUT2D eigenvalue weighted by atomic mass is 16.2. The number of amides is 1. The molecule has 2 aromatic rings. The Hall–Kier alpha value is -2.21. The number of carbonyl (C=O) groups excluding carboxylic acids is 1. The lowest BCUT2D eigenvalue weighted by Gasteiger charge is -2.30. The van der Waals surface area contributed by atoms with Crippen LogP contribution in [0.2, 0.25) is 0 Å². The lowest BCUT2D eigenvalue weighted by atomic mass is 9.96. The lowest BCUT2D eigenvalue weighted by molar-refractivity contribution is -0.117. The number of hydrogen-bond donors (Lipinski definition) is 2. The van der Waals surface area contributed by atoms with E-state index in [4.69, 9.17) is 0 Å². The van der Waals surface area contributed by atoms with Gasteiger partial charge < -0.3 is 5.32 Å². The molecule has 0 atom stereocenters. The van der Waals surface area contributed by atoms with E-state index in [9.17, 15) is 4.79 Å². The smallest absolute Gasteiger partial charge is 0.238 e. The number of benzene rings is 1. The number of likely N-dealkylation sites (tertiary alicyclic amines) is 1. The fraction of sp³-hybridized carbons (Fsp3) is 0.571. The van der Waals surface area contributed by atoms with Crippen molar-refractivity contribution in [1.29, 1.82) is 0 Å². The van der Waals surface area contributed by atoms with E-state index in [1.54, 1.807) is 0 Å². The predicted molar refractivity (Wildman–Crippen MR) is 108 cm³/mol. The maximum absolute atomic E-state index is 12.6. The first kappa shape index (κ1) is 19.5. The Morgan fingerprint density at radius 1 is 1.33 bits per heavy atom. The molecule has 1 aliphatic heterocycles. The first-order valence-corrected chi connectivity index (χ1v) is 10.0. The Morgan fingerprint density at radius 2 is 2.07 bits per heavy atom. The molecule has 146 valence electrons. The first-order chi connectivity index (χ1) is 13.0. The van der Waals surface area contributed by atoms with Gasteiger partial charge in [0.25, 0.3) is 0 Å². The summed E-state index contributed by atoms with van der Waals surface area (Å²) in [4.78, 5) is 19.4. The van der Waals surface area contributed by atoms with Crippen LogP contribution in [0, 0.1) is 6.92 Å². The van der Waals surface area contributed by atoms with Gasteiger partial charge in [-0.15, -0.1) is 0 Å². The van der Waals surface area contributed by atoms with E-state index < -0.39 is 0 Å². The summed E-state index contributed by atoms with van der Waals surface area (Å²) in [5.74, 6) is 2.72. The number of nitrogens with one attached hydrogen (secondary N) is 2. The van der Waals surface area contributed by atoms with E-state index >= 15 is 0 Å². The zero-order chi connectivity index (χ0) is 19.4. The number of piperidine rings is 1. The second-order valence-electron chi connectivity index (χ2n) is 7.79. The molecule has 1 aliphatic rings. The van der Waals surface area contributed by atoms with Crippen LogP contribution in [-0.2, 0) is 11.2 Å². The second kappa shape index (κ2) is 8.65. The number of rotatable bonds is 6. The van der Waals surface area contributed by atoms with E-state index in [0.717, 1.165) is 55.3 Å². The third-order valence-corrected chi connectivity index (χ3v) is 5.40. The minimum Gasteiger partial charge on any atom is -0.324 e. The summed E-state index contributed by atoms with van der Waals surface area (Å²) in [6.07, 6.45) is 2.87. The highest BCUT2D eigenvalue weighted by Gasteiger charge is 2.25. The fourth-order valence-corrected chi connectivity index (χ4v) is 3.72. The molecule has 0 bridgehead atoms. The first-order valence-electron chi connectivity index (χ1n) is 10.0. The molecule has 6 nitrogen and oxygen atoms in total. The average Bonchev–Trinajstić information content (AvgIpc) is 3.13. The molecule has 27 heavy (non-hydrogen) atoms. The van der Waals surface area contributed by atoms with Crippen LogP contribution in [0.15, 0.2) is 18.2 Å². The Morgan fingerprint density at radius 3 is 2.70 bits per heavy atom. The van der Waals surface area contributed by atoms with Gasteiger partial charge in [0.1, 0.15) is 5.82 Å². The summed E-state index contributed by atoms with van der Waals surface area (Å²) in [5, 5.41) is 10.5. The van der Waals surface area contributed by atoms with Crippen molar-refractivity contribution in [2.75, 3.05) is 25.0 Å². The number of carbonyl (C=O) groups is 1. The van der Waals surface area contributed by atoms with Crippen LogP contribution >= 0.6 is 0 Å². The van der Waals surface area contributed by atoms with Crippen molar-refractivity contribution in [3.8, 4) is 0 Å². The van der Waals surface area contributed by atoms with Crippen LogP contribution < -0.4 is 5.32 Å². The molecule has 0 aliphatic carbocycles. The number of nitrogens with zero attached hydrogens (tertiary/aromatic N) is 3. The van der Waals surface area contributed by atoms with Gasteiger partial charge in [-0.25, -0.2) is 4.98 Å². The van der Waals surface area contributed by atoms with Crippen LogP contribution in [-0.4, -0.2) is 45.6 Å². The Kier molecular flexibility index (Phi) is 6.26. The zero-order valence-electron chi connectivity index (χ0n) is 16.9. The third-order valence-electron chi connectivity index (χ3n) is 5.40. The normalized spacial score (nSPS) is 16.0. The highest BCUT2D eigenvalue weighted by molar-refractivity contribution is 5.93. The molecule has 0 unspecified atom stereocenters. The predicted octanol–water partition coefficient (Wildman–Crippen LogP) is 3.62. The van der Waals surface area contributed by atoms with E-state index in [1.807, 2.05) is 0 Å². The van der Waals surface area contributed by atoms with Gasteiger partial charge in [0.05, 0.1) is 6.54 Å². The van der Waals surface area contributed by atoms with Gasteiger partial charge in [-0.1, -0.05) is 39.0 Å². The molecule has 3 rings (SSSR count). The summed E-state index contributed by atoms with van der Waals surface area (Å²) in [7, 11) is 0. The van der Waals surface area contributed by atoms with Crippen molar-refractivity contribution < 1.29 is 4.79 Å². The molecule has 2 N–H and O–H groups in total. The van der Waals surface area contributed by atoms with E-state index in [0.29, 0.717) is 18.4 Å². The summed E-state index contributed by atoms with van der Waals surface area (Å²) in [6, 6.07) is 6.20. The lowest BCUT2D eigenvalue weighted by Crippen LogP contribution is -2.39. The van der Waals surface area contributed by atoms with Crippen LogP contribution in [0.4, 0.5) is 5.69 Å². The molecule has 0 spiro atoms. The molecule has 1 amide bonds. The number of para-hydroxylation sites is 1. The van der Waals surface area contributed by atoms with E-state index in [-0.39, 0.29) is 5.91 Å². The number of hydrogen-bond acceptors (Lipinski definition) is 4. The maximum atomic E-state index is 12.6. The molecule has 0 radical (unpaired) electrons. The monoisotopic (exact) mass is 369 g/mol. The van der Waals surface area contributed by atoms with Crippen molar-refractivity contribution in [1.82, 2.24) is 20.1 Å². The van der Waals surface area contributed by atoms with Crippen LogP contribution in [0.5, 0.6) is 0 Å². The molecular weight excluding hydrogens is 338 g/mol. The number of aromatic amines is 1. The van der Waals surface area contributed by atoms with Gasteiger partial charge in [-0.05, 0) is 49.9 Å². The molecule has 1 aromatic heterocycles. The summed E-state index contributed by atoms with van der Waals surface area (Å²) in [5.41, 5.74) is 3.28. The molecule has 1 saturated heterocycles. The van der Waals surface area contributed by atoms with Gasteiger partial charge in [0.15, 0.2) is 5.82 Å².